The van der Waals surface area contributed by atoms with Crippen molar-refractivity contribution >= 4 is 5.97 Å². The van der Waals surface area contributed by atoms with Crippen LogP contribution >= 0.6 is 0 Å². The van der Waals surface area contributed by atoms with Gasteiger partial charge in [0.05, 0.1) is 5.97 Å². The standard InChI is InChI=1S/C21H16O3.Na/c22-20(23)21(19(24-21)17-9-5-2-6-10-17)18-13-11-16(12-14-18)15-7-3-1-4-8-15;/h1-14,19H,(H,22,23);/q;+1/p-1. The summed E-state index contributed by atoms with van der Waals surface area (Å²) < 4.78 is 5.62. The van der Waals surface area contributed by atoms with E-state index in [2.05, 4.69) is 0 Å². The summed E-state index contributed by atoms with van der Waals surface area (Å²) in [4.78, 5) is 11.8. The molecule has 1 saturated heterocycles. The molecule has 1 aliphatic rings. The number of ether oxygens (including phenoxy) is 1. The topological polar surface area (TPSA) is 52.7 Å². The fraction of sp³-hybridized carbons (Fsp3) is 0.0952. The Morgan fingerprint density at radius 3 is 1.88 bits per heavy atom. The molecule has 3 aromatic rings. The molecule has 0 saturated carbocycles. The zero-order valence-electron chi connectivity index (χ0n) is 13.9. The molecule has 1 heterocycles. The van der Waals surface area contributed by atoms with Crippen LogP contribution in [0.4, 0.5) is 0 Å². The largest absolute Gasteiger partial charge is 1.00 e. The van der Waals surface area contributed by atoms with Gasteiger partial charge in [-0.15, -0.1) is 0 Å². The van der Waals surface area contributed by atoms with Gasteiger partial charge in [-0.25, -0.2) is 0 Å². The molecule has 2 unspecified atom stereocenters. The summed E-state index contributed by atoms with van der Waals surface area (Å²) in [5.41, 5.74) is 2.17. The second kappa shape index (κ2) is 7.14. The van der Waals surface area contributed by atoms with Crippen LogP contribution in [-0.2, 0) is 15.1 Å². The van der Waals surface area contributed by atoms with Gasteiger partial charge in [0.2, 0.25) is 0 Å². The monoisotopic (exact) mass is 338 g/mol. The van der Waals surface area contributed by atoms with Gasteiger partial charge in [-0.2, -0.15) is 0 Å². The van der Waals surface area contributed by atoms with Crippen molar-refractivity contribution < 1.29 is 44.2 Å². The van der Waals surface area contributed by atoms with Crippen LogP contribution in [0.1, 0.15) is 17.2 Å². The maximum atomic E-state index is 11.8. The molecule has 0 bridgehead atoms. The zero-order chi connectivity index (χ0) is 16.6. The third-order valence-corrected chi connectivity index (χ3v) is 4.44. The van der Waals surface area contributed by atoms with Crippen molar-refractivity contribution in [1.29, 1.82) is 0 Å². The van der Waals surface area contributed by atoms with Crippen molar-refractivity contribution in [3.05, 3.63) is 96.1 Å². The first-order valence-corrected chi connectivity index (χ1v) is 7.82. The molecule has 4 heteroatoms. The number of carbonyl (C=O) groups is 1. The van der Waals surface area contributed by atoms with Crippen LogP contribution in [0.3, 0.4) is 0 Å². The molecule has 25 heavy (non-hydrogen) atoms. The number of carbonyl (C=O) groups excluding carboxylic acids is 1. The molecule has 0 spiro atoms. The second-order valence-electron chi connectivity index (χ2n) is 5.88. The van der Waals surface area contributed by atoms with Crippen molar-refractivity contribution in [1.82, 2.24) is 0 Å². The van der Waals surface area contributed by atoms with Crippen LogP contribution in [0.5, 0.6) is 0 Å². The number of aliphatic carboxylic acids is 1. The van der Waals surface area contributed by atoms with E-state index in [0.717, 1.165) is 16.7 Å². The normalized spacial score (nSPS) is 21.2. The van der Waals surface area contributed by atoms with Crippen LogP contribution < -0.4 is 34.7 Å². The first-order valence-electron chi connectivity index (χ1n) is 7.82. The van der Waals surface area contributed by atoms with E-state index in [-0.39, 0.29) is 29.6 Å². The number of carboxylic acid groups (broad SMARTS) is 1. The van der Waals surface area contributed by atoms with Crippen molar-refractivity contribution in [2.24, 2.45) is 0 Å². The summed E-state index contributed by atoms with van der Waals surface area (Å²) in [5, 5.41) is 11.8. The zero-order valence-corrected chi connectivity index (χ0v) is 15.9. The number of hydrogen-bond donors (Lipinski definition) is 0. The van der Waals surface area contributed by atoms with E-state index >= 15 is 0 Å². The summed E-state index contributed by atoms with van der Waals surface area (Å²) in [5.74, 6) is -1.20. The Bertz CT molecular complexity index is 863. The third-order valence-electron chi connectivity index (χ3n) is 4.44. The van der Waals surface area contributed by atoms with E-state index in [4.69, 9.17) is 4.74 Å². The van der Waals surface area contributed by atoms with E-state index in [1.165, 1.54) is 0 Å². The van der Waals surface area contributed by atoms with E-state index < -0.39 is 17.7 Å². The Labute approximate surface area is 168 Å². The smallest absolute Gasteiger partial charge is 0.546 e. The summed E-state index contributed by atoms with van der Waals surface area (Å²) in [6, 6.07) is 26.8. The van der Waals surface area contributed by atoms with Crippen LogP contribution in [0.25, 0.3) is 11.1 Å². The van der Waals surface area contributed by atoms with Gasteiger partial charge in [0.25, 0.3) is 0 Å². The van der Waals surface area contributed by atoms with Gasteiger partial charge in [-0.05, 0) is 22.3 Å². The number of rotatable bonds is 4. The molecule has 0 radical (unpaired) electrons. The maximum Gasteiger partial charge on any atom is 1.00 e. The van der Waals surface area contributed by atoms with Crippen molar-refractivity contribution in [2.75, 3.05) is 0 Å². The molecule has 4 rings (SSSR count). The first kappa shape index (κ1) is 17.9. The molecule has 3 nitrogen and oxygen atoms in total. The molecule has 0 amide bonds. The molecule has 1 aliphatic heterocycles. The SMILES string of the molecule is O=C([O-])C1(c2ccc(-c3ccccc3)cc2)OC1c1ccccc1.[Na+]. The Morgan fingerprint density at radius 1 is 0.800 bits per heavy atom. The minimum absolute atomic E-state index is 0. The molecule has 118 valence electrons. The predicted molar refractivity (Wildman–Crippen MR) is 88.8 cm³/mol. The first-order chi connectivity index (χ1) is 11.7. The average molecular weight is 338 g/mol. The van der Waals surface area contributed by atoms with Gasteiger partial charge < -0.3 is 14.6 Å². The number of carboxylic acids is 1. The van der Waals surface area contributed by atoms with Gasteiger partial charge in [-0.3, -0.25) is 0 Å². The third kappa shape index (κ3) is 3.16. The van der Waals surface area contributed by atoms with Crippen LogP contribution in [0.15, 0.2) is 84.9 Å². The summed E-state index contributed by atoms with van der Waals surface area (Å²) >= 11 is 0. The van der Waals surface area contributed by atoms with E-state index in [1.807, 2.05) is 72.8 Å². The average Bonchev–Trinajstić information content (AvgIpc) is 3.41. The van der Waals surface area contributed by atoms with Gasteiger partial charge >= 0.3 is 29.6 Å². The number of benzene rings is 3. The minimum atomic E-state index is -1.39. The van der Waals surface area contributed by atoms with Crippen molar-refractivity contribution in [2.45, 2.75) is 11.7 Å². The van der Waals surface area contributed by atoms with Crippen LogP contribution in [0.2, 0.25) is 0 Å². The summed E-state index contributed by atoms with van der Waals surface area (Å²) in [6.07, 6.45) is -0.508. The van der Waals surface area contributed by atoms with Crippen LogP contribution in [-0.4, -0.2) is 5.97 Å². The molecular formula is C21H15NaO3. The van der Waals surface area contributed by atoms with Crippen LogP contribution in [0, 0.1) is 0 Å². The molecule has 0 aliphatic carbocycles. The Hall–Kier alpha value is -1.91. The van der Waals surface area contributed by atoms with E-state index in [0.29, 0.717) is 5.56 Å². The minimum Gasteiger partial charge on any atom is -0.546 e. The molecule has 0 aromatic heterocycles. The molecule has 2 atom stereocenters. The van der Waals surface area contributed by atoms with E-state index in [9.17, 15) is 9.90 Å². The molecule has 0 N–H and O–H groups in total. The molecule has 1 fully saturated rings. The fourth-order valence-corrected chi connectivity index (χ4v) is 3.12. The Balaban J connectivity index is 0.00000182. The molecule has 3 aromatic carbocycles. The fourth-order valence-electron chi connectivity index (χ4n) is 3.12. The maximum absolute atomic E-state index is 11.8. The van der Waals surface area contributed by atoms with Gasteiger partial charge in [0, 0.05) is 0 Å². The Kier molecular flexibility index (Phi) is 5.11. The summed E-state index contributed by atoms with van der Waals surface area (Å²) in [7, 11) is 0. The quantitative estimate of drug-likeness (QED) is 0.500. The van der Waals surface area contributed by atoms with Crippen molar-refractivity contribution in [3.63, 3.8) is 0 Å². The molecular weight excluding hydrogens is 323 g/mol. The predicted octanol–water partition coefficient (Wildman–Crippen LogP) is 0.0743. The van der Waals surface area contributed by atoms with E-state index in [1.54, 1.807) is 12.1 Å². The van der Waals surface area contributed by atoms with Gasteiger partial charge in [-0.1, -0.05) is 84.9 Å². The number of epoxide rings is 1. The second-order valence-corrected chi connectivity index (χ2v) is 5.88. The summed E-state index contributed by atoms with van der Waals surface area (Å²) in [6.45, 7) is 0. The van der Waals surface area contributed by atoms with Crippen molar-refractivity contribution in [3.8, 4) is 11.1 Å². The number of hydrogen-bond acceptors (Lipinski definition) is 3. The van der Waals surface area contributed by atoms with Gasteiger partial charge in [0.1, 0.15) is 6.10 Å². The Morgan fingerprint density at radius 2 is 1.32 bits per heavy atom. The van der Waals surface area contributed by atoms with Gasteiger partial charge in [0.15, 0.2) is 5.60 Å².